The second kappa shape index (κ2) is 5.38. The van der Waals surface area contributed by atoms with E-state index in [2.05, 4.69) is 11.9 Å². The van der Waals surface area contributed by atoms with Crippen molar-refractivity contribution in [1.82, 2.24) is 9.80 Å². The zero-order valence-electron chi connectivity index (χ0n) is 11.8. The minimum Gasteiger partial charge on any atom is -0.373 e. The fourth-order valence-corrected chi connectivity index (χ4v) is 3.92. The molecule has 0 aromatic carbocycles. The van der Waals surface area contributed by atoms with Crippen molar-refractivity contribution in [3.05, 3.63) is 0 Å². The molecule has 1 amide bonds. The molecule has 0 aromatic rings. The van der Waals surface area contributed by atoms with Crippen LogP contribution in [0.4, 0.5) is 0 Å². The molecule has 2 aliphatic heterocycles. The average Bonchev–Trinajstić information content (AvgIpc) is 3.04. The molecule has 3 fully saturated rings. The fraction of sp³-hybridized carbons (Fsp3) is 0.929. The highest BCUT2D eigenvalue weighted by Gasteiger charge is 2.43. The number of nitrogens with two attached hydrogens (primary N) is 1. The number of carbonyl (C=O) groups is 1. The number of likely N-dealkylation sites (N-methyl/N-ethyl adjacent to an activating group) is 1. The third-order valence-corrected chi connectivity index (χ3v) is 5.17. The van der Waals surface area contributed by atoms with Crippen molar-refractivity contribution in [2.24, 2.45) is 17.6 Å². The monoisotopic (exact) mass is 267 g/mol. The molecule has 1 saturated carbocycles. The van der Waals surface area contributed by atoms with E-state index in [4.69, 9.17) is 10.5 Å². The van der Waals surface area contributed by atoms with Crippen molar-refractivity contribution in [2.75, 3.05) is 39.8 Å². The molecule has 0 aromatic heterocycles. The SMILES string of the molecule is CN1CCO[C@@H]2CN(C(=O)[C@@H]3CCC[C@@H]3CN)C[C@@H]21. The zero-order chi connectivity index (χ0) is 13.4. The molecule has 108 valence electrons. The molecule has 3 aliphatic rings. The minimum atomic E-state index is 0.162. The number of hydrogen-bond donors (Lipinski definition) is 1. The van der Waals surface area contributed by atoms with Gasteiger partial charge in [-0.1, -0.05) is 6.42 Å². The van der Waals surface area contributed by atoms with E-state index < -0.39 is 0 Å². The summed E-state index contributed by atoms with van der Waals surface area (Å²) < 4.78 is 5.81. The average molecular weight is 267 g/mol. The van der Waals surface area contributed by atoms with Crippen molar-refractivity contribution >= 4 is 5.91 Å². The van der Waals surface area contributed by atoms with Gasteiger partial charge < -0.3 is 15.4 Å². The number of rotatable bonds is 2. The van der Waals surface area contributed by atoms with Crippen LogP contribution >= 0.6 is 0 Å². The van der Waals surface area contributed by atoms with Crippen LogP contribution in [-0.2, 0) is 9.53 Å². The Morgan fingerprint density at radius 2 is 2.21 bits per heavy atom. The number of nitrogens with zero attached hydrogens (tertiary/aromatic N) is 2. The molecule has 2 heterocycles. The van der Waals surface area contributed by atoms with Crippen LogP contribution < -0.4 is 5.73 Å². The standard InChI is InChI=1S/C14H25N3O2/c1-16-5-6-19-13-9-17(8-12(13)16)14(18)11-4-2-3-10(11)7-15/h10-13H,2-9,15H2,1H3/t10-,11-,12+,13-/m1/s1. The molecule has 0 unspecified atom stereocenters. The molecule has 2 N–H and O–H groups in total. The quantitative estimate of drug-likeness (QED) is 0.759. The molecule has 0 radical (unpaired) electrons. The Labute approximate surface area is 115 Å². The smallest absolute Gasteiger partial charge is 0.226 e. The predicted molar refractivity (Wildman–Crippen MR) is 72.6 cm³/mol. The molecular formula is C14H25N3O2. The lowest BCUT2D eigenvalue weighted by molar-refractivity contribution is -0.136. The lowest BCUT2D eigenvalue weighted by Crippen LogP contribution is -2.48. The summed E-state index contributed by atoms with van der Waals surface area (Å²) in [5, 5.41) is 0. The van der Waals surface area contributed by atoms with Crippen LogP contribution in [0, 0.1) is 11.8 Å². The first-order valence-electron chi connectivity index (χ1n) is 7.51. The largest absolute Gasteiger partial charge is 0.373 e. The molecule has 4 atom stereocenters. The molecule has 19 heavy (non-hydrogen) atoms. The molecule has 5 nitrogen and oxygen atoms in total. The lowest BCUT2D eigenvalue weighted by atomic mass is 9.95. The number of amides is 1. The summed E-state index contributed by atoms with van der Waals surface area (Å²) in [5.74, 6) is 0.878. The molecule has 5 heteroatoms. The topological polar surface area (TPSA) is 58.8 Å². The Kier molecular flexibility index (Phi) is 3.78. The highest BCUT2D eigenvalue weighted by molar-refractivity contribution is 5.80. The summed E-state index contributed by atoms with van der Waals surface area (Å²) in [6.07, 6.45) is 3.49. The van der Waals surface area contributed by atoms with Crippen molar-refractivity contribution in [2.45, 2.75) is 31.4 Å². The van der Waals surface area contributed by atoms with Crippen LogP contribution in [-0.4, -0.2) is 67.7 Å². The summed E-state index contributed by atoms with van der Waals surface area (Å²) in [4.78, 5) is 17.0. The van der Waals surface area contributed by atoms with Gasteiger partial charge in [0, 0.05) is 25.6 Å². The second-order valence-corrected chi connectivity index (χ2v) is 6.23. The summed E-state index contributed by atoms with van der Waals surface area (Å²) in [6, 6.07) is 0.385. The highest BCUT2D eigenvalue weighted by Crippen LogP contribution is 2.34. The molecule has 3 rings (SSSR count). The Hall–Kier alpha value is -0.650. The number of morpholine rings is 1. The zero-order valence-corrected chi connectivity index (χ0v) is 11.8. The van der Waals surface area contributed by atoms with E-state index in [0.717, 1.165) is 45.5 Å². The predicted octanol–water partition coefficient (Wildman–Crippen LogP) is -0.0972. The van der Waals surface area contributed by atoms with Crippen LogP contribution in [0.25, 0.3) is 0 Å². The maximum absolute atomic E-state index is 12.7. The van der Waals surface area contributed by atoms with Crippen LogP contribution in [0.15, 0.2) is 0 Å². The van der Waals surface area contributed by atoms with Crippen LogP contribution in [0.5, 0.6) is 0 Å². The van der Waals surface area contributed by atoms with Gasteiger partial charge in [-0.2, -0.15) is 0 Å². The summed E-state index contributed by atoms with van der Waals surface area (Å²) >= 11 is 0. The number of carbonyl (C=O) groups excluding carboxylic acids is 1. The minimum absolute atomic E-state index is 0.162. The molecule has 0 spiro atoms. The van der Waals surface area contributed by atoms with Gasteiger partial charge in [0.15, 0.2) is 0 Å². The van der Waals surface area contributed by atoms with E-state index in [1.54, 1.807) is 0 Å². The van der Waals surface area contributed by atoms with E-state index in [1.807, 2.05) is 4.90 Å². The first kappa shape index (κ1) is 13.3. The van der Waals surface area contributed by atoms with Crippen LogP contribution in [0.3, 0.4) is 0 Å². The van der Waals surface area contributed by atoms with Gasteiger partial charge >= 0.3 is 0 Å². The van der Waals surface area contributed by atoms with Crippen molar-refractivity contribution in [3.8, 4) is 0 Å². The normalized spacial score (nSPS) is 39.6. The third-order valence-electron chi connectivity index (χ3n) is 5.17. The van der Waals surface area contributed by atoms with E-state index in [9.17, 15) is 4.79 Å². The summed E-state index contributed by atoms with van der Waals surface area (Å²) in [5.41, 5.74) is 5.80. The fourth-order valence-electron chi connectivity index (χ4n) is 3.92. The van der Waals surface area contributed by atoms with E-state index >= 15 is 0 Å². The number of hydrogen-bond acceptors (Lipinski definition) is 4. The number of ether oxygens (including phenoxy) is 1. The van der Waals surface area contributed by atoms with Gasteiger partial charge in [0.25, 0.3) is 0 Å². The van der Waals surface area contributed by atoms with E-state index in [0.29, 0.717) is 24.4 Å². The molecular weight excluding hydrogens is 242 g/mol. The number of fused-ring (bicyclic) bond motifs is 1. The Balaban J connectivity index is 1.65. The molecule has 1 aliphatic carbocycles. The number of likely N-dealkylation sites (tertiary alicyclic amines) is 1. The second-order valence-electron chi connectivity index (χ2n) is 6.23. The van der Waals surface area contributed by atoms with Crippen molar-refractivity contribution in [3.63, 3.8) is 0 Å². The maximum Gasteiger partial charge on any atom is 0.226 e. The first-order valence-corrected chi connectivity index (χ1v) is 7.51. The van der Waals surface area contributed by atoms with Crippen molar-refractivity contribution in [1.29, 1.82) is 0 Å². The van der Waals surface area contributed by atoms with Gasteiger partial charge in [0.1, 0.15) is 0 Å². The third kappa shape index (κ3) is 2.39. The van der Waals surface area contributed by atoms with Gasteiger partial charge in [0.2, 0.25) is 5.91 Å². The molecule has 0 bridgehead atoms. The Bertz CT molecular complexity index is 350. The van der Waals surface area contributed by atoms with E-state index in [-0.39, 0.29) is 12.0 Å². The van der Waals surface area contributed by atoms with Crippen LogP contribution in [0.1, 0.15) is 19.3 Å². The Morgan fingerprint density at radius 3 is 2.95 bits per heavy atom. The summed E-state index contributed by atoms with van der Waals surface area (Å²) in [7, 11) is 2.13. The van der Waals surface area contributed by atoms with Crippen LogP contribution in [0.2, 0.25) is 0 Å². The van der Waals surface area contributed by atoms with Gasteiger partial charge in [-0.3, -0.25) is 9.69 Å². The maximum atomic E-state index is 12.7. The van der Waals surface area contributed by atoms with Gasteiger partial charge in [-0.15, -0.1) is 0 Å². The highest BCUT2D eigenvalue weighted by atomic mass is 16.5. The lowest BCUT2D eigenvalue weighted by Gasteiger charge is -2.33. The molecule has 2 saturated heterocycles. The first-order chi connectivity index (χ1) is 9.20. The Morgan fingerprint density at radius 1 is 1.37 bits per heavy atom. The summed E-state index contributed by atoms with van der Waals surface area (Å²) in [6.45, 7) is 4.00. The van der Waals surface area contributed by atoms with Gasteiger partial charge in [-0.05, 0) is 32.4 Å². The van der Waals surface area contributed by atoms with Gasteiger partial charge in [0.05, 0.1) is 18.8 Å². The van der Waals surface area contributed by atoms with Crippen molar-refractivity contribution < 1.29 is 9.53 Å². The van der Waals surface area contributed by atoms with E-state index in [1.165, 1.54) is 0 Å². The van der Waals surface area contributed by atoms with Gasteiger partial charge in [-0.25, -0.2) is 0 Å².